The Labute approximate surface area is 169 Å². The van der Waals surface area contributed by atoms with Gasteiger partial charge in [0.1, 0.15) is 28.5 Å². The summed E-state index contributed by atoms with van der Waals surface area (Å²) in [4.78, 5) is 24.5. The van der Waals surface area contributed by atoms with E-state index in [1.54, 1.807) is 39.0 Å². The van der Waals surface area contributed by atoms with Crippen LogP contribution in [-0.4, -0.2) is 37.2 Å². The summed E-state index contributed by atoms with van der Waals surface area (Å²) in [6.45, 7) is 4.94. The molecule has 0 saturated heterocycles. The van der Waals surface area contributed by atoms with E-state index in [-0.39, 0.29) is 4.90 Å². The SMILES string of the molecule is CC(C)(C)OC(=O)N[C@@]1(C=O)[C@@H](c2cccc(F)c2)[C@@H]1S(=O)(=O)c1ccccc1. The maximum Gasteiger partial charge on any atom is 0.408 e. The first kappa shape index (κ1) is 21.0. The fraction of sp³-hybridized carbons (Fsp3) is 0.333. The molecule has 3 atom stereocenters. The van der Waals surface area contributed by atoms with E-state index >= 15 is 0 Å². The summed E-state index contributed by atoms with van der Waals surface area (Å²) < 4.78 is 45.5. The second kappa shape index (κ2) is 7.26. The first-order valence-corrected chi connectivity index (χ1v) is 10.6. The number of rotatable bonds is 5. The van der Waals surface area contributed by atoms with E-state index < -0.39 is 44.1 Å². The van der Waals surface area contributed by atoms with Gasteiger partial charge in [-0.2, -0.15) is 0 Å². The summed E-state index contributed by atoms with van der Waals surface area (Å²) in [6.07, 6.45) is -0.519. The van der Waals surface area contributed by atoms with Gasteiger partial charge in [-0.1, -0.05) is 30.3 Å². The van der Waals surface area contributed by atoms with Crippen LogP contribution in [0.25, 0.3) is 0 Å². The number of carbonyl (C=O) groups excluding carboxylic acids is 2. The van der Waals surface area contributed by atoms with Crippen molar-refractivity contribution in [1.29, 1.82) is 0 Å². The van der Waals surface area contributed by atoms with Crippen LogP contribution in [0.15, 0.2) is 59.5 Å². The van der Waals surface area contributed by atoms with Crippen molar-refractivity contribution in [2.45, 2.75) is 48.0 Å². The molecule has 0 aliphatic heterocycles. The maximum atomic E-state index is 13.8. The van der Waals surface area contributed by atoms with Crippen molar-refractivity contribution in [3.8, 4) is 0 Å². The number of nitrogens with one attached hydrogen (secondary N) is 1. The molecule has 1 aliphatic rings. The highest BCUT2D eigenvalue weighted by Gasteiger charge is 2.73. The van der Waals surface area contributed by atoms with Crippen LogP contribution in [0, 0.1) is 5.82 Å². The van der Waals surface area contributed by atoms with E-state index in [4.69, 9.17) is 4.74 Å². The van der Waals surface area contributed by atoms with Crippen molar-refractivity contribution in [3.63, 3.8) is 0 Å². The second-order valence-electron chi connectivity index (χ2n) is 7.99. The fourth-order valence-electron chi connectivity index (χ4n) is 3.52. The van der Waals surface area contributed by atoms with E-state index in [1.807, 2.05) is 0 Å². The molecule has 1 aliphatic carbocycles. The third-order valence-electron chi connectivity index (χ3n) is 4.71. The van der Waals surface area contributed by atoms with Gasteiger partial charge < -0.3 is 14.8 Å². The van der Waals surface area contributed by atoms with Crippen LogP contribution in [0.1, 0.15) is 32.3 Å². The lowest BCUT2D eigenvalue weighted by Crippen LogP contribution is -2.45. The molecule has 29 heavy (non-hydrogen) atoms. The van der Waals surface area contributed by atoms with Crippen molar-refractivity contribution in [2.24, 2.45) is 0 Å². The first-order valence-electron chi connectivity index (χ1n) is 9.03. The minimum absolute atomic E-state index is 0.0149. The summed E-state index contributed by atoms with van der Waals surface area (Å²) in [5.74, 6) is -1.52. The molecule has 1 N–H and O–H groups in total. The Morgan fingerprint density at radius 1 is 1.14 bits per heavy atom. The molecule has 0 heterocycles. The van der Waals surface area contributed by atoms with Gasteiger partial charge in [-0.25, -0.2) is 17.6 Å². The van der Waals surface area contributed by atoms with Crippen molar-refractivity contribution in [1.82, 2.24) is 5.32 Å². The number of hydrogen-bond donors (Lipinski definition) is 1. The predicted octanol–water partition coefficient (Wildman–Crippen LogP) is 3.23. The van der Waals surface area contributed by atoms with Gasteiger partial charge in [0.25, 0.3) is 0 Å². The lowest BCUT2D eigenvalue weighted by atomic mass is 10.1. The molecular formula is C21H22FNO5S. The van der Waals surface area contributed by atoms with Gasteiger partial charge in [0.2, 0.25) is 0 Å². The molecule has 8 heteroatoms. The highest BCUT2D eigenvalue weighted by Crippen LogP contribution is 2.56. The molecule has 0 radical (unpaired) electrons. The number of halogens is 1. The van der Waals surface area contributed by atoms with Gasteiger partial charge in [-0.05, 0) is 50.6 Å². The molecule has 1 saturated carbocycles. The van der Waals surface area contributed by atoms with E-state index in [2.05, 4.69) is 5.32 Å². The summed E-state index contributed by atoms with van der Waals surface area (Å²) in [7, 11) is -4.01. The maximum absolute atomic E-state index is 13.8. The van der Waals surface area contributed by atoms with Crippen molar-refractivity contribution >= 4 is 22.2 Å². The van der Waals surface area contributed by atoms with Gasteiger partial charge >= 0.3 is 6.09 Å². The van der Waals surface area contributed by atoms with E-state index in [9.17, 15) is 22.4 Å². The number of ether oxygens (including phenoxy) is 1. The average molecular weight is 419 g/mol. The molecule has 0 unspecified atom stereocenters. The van der Waals surface area contributed by atoms with Crippen LogP contribution in [0.3, 0.4) is 0 Å². The van der Waals surface area contributed by atoms with Gasteiger partial charge in [0.05, 0.1) is 4.90 Å². The van der Waals surface area contributed by atoms with Crippen molar-refractivity contribution in [3.05, 3.63) is 66.0 Å². The summed E-state index contributed by atoms with van der Waals surface area (Å²) in [6, 6.07) is 13.0. The van der Waals surface area contributed by atoms with Crippen LogP contribution >= 0.6 is 0 Å². The third kappa shape index (κ3) is 4.03. The Bertz CT molecular complexity index is 1030. The van der Waals surface area contributed by atoms with E-state index in [0.29, 0.717) is 11.8 Å². The van der Waals surface area contributed by atoms with Crippen molar-refractivity contribution < 1.29 is 27.1 Å². The highest BCUT2D eigenvalue weighted by molar-refractivity contribution is 7.92. The van der Waals surface area contributed by atoms with Gasteiger partial charge in [-0.3, -0.25) is 0 Å². The van der Waals surface area contributed by atoms with Crippen LogP contribution < -0.4 is 5.32 Å². The Morgan fingerprint density at radius 3 is 2.34 bits per heavy atom. The minimum Gasteiger partial charge on any atom is -0.444 e. The first-order chi connectivity index (χ1) is 13.5. The highest BCUT2D eigenvalue weighted by atomic mass is 32.2. The van der Waals surface area contributed by atoms with E-state index in [0.717, 1.165) is 0 Å². The summed E-state index contributed by atoms with van der Waals surface area (Å²) in [5, 5.41) is 1.15. The molecule has 6 nitrogen and oxygen atoms in total. The van der Waals surface area contributed by atoms with Crippen LogP contribution in [0.4, 0.5) is 9.18 Å². The van der Waals surface area contributed by atoms with Crippen molar-refractivity contribution in [2.75, 3.05) is 0 Å². The van der Waals surface area contributed by atoms with Crippen LogP contribution in [0.2, 0.25) is 0 Å². The quantitative estimate of drug-likeness (QED) is 0.752. The molecular weight excluding hydrogens is 397 g/mol. The van der Waals surface area contributed by atoms with Gasteiger partial charge in [-0.15, -0.1) is 0 Å². The fourth-order valence-corrected chi connectivity index (χ4v) is 5.78. The minimum atomic E-state index is -4.01. The van der Waals surface area contributed by atoms with E-state index in [1.165, 1.54) is 36.4 Å². The number of hydrogen-bond acceptors (Lipinski definition) is 5. The normalized spacial score (nSPS) is 23.9. The van der Waals surface area contributed by atoms with Crippen LogP contribution in [-0.2, 0) is 19.4 Å². The summed E-state index contributed by atoms with van der Waals surface area (Å²) >= 11 is 0. The molecule has 1 amide bonds. The van der Waals surface area contributed by atoms with Gasteiger partial charge in [0.15, 0.2) is 9.84 Å². The van der Waals surface area contributed by atoms with Gasteiger partial charge in [0, 0.05) is 5.92 Å². The number of sulfone groups is 1. The Kier molecular flexibility index (Phi) is 5.25. The Balaban J connectivity index is 2.05. The zero-order valence-corrected chi connectivity index (χ0v) is 17.1. The molecule has 0 bridgehead atoms. The molecule has 1 fully saturated rings. The zero-order chi connectivity index (χ0) is 21.4. The molecule has 2 aromatic rings. The molecule has 154 valence electrons. The zero-order valence-electron chi connectivity index (χ0n) is 16.3. The predicted molar refractivity (Wildman–Crippen MR) is 105 cm³/mol. The van der Waals surface area contributed by atoms with Crippen LogP contribution in [0.5, 0.6) is 0 Å². The Morgan fingerprint density at radius 2 is 1.79 bits per heavy atom. The Hall–Kier alpha value is -2.74. The summed E-state index contributed by atoms with van der Waals surface area (Å²) in [5.41, 5.74) is -2.30. The lowest BCUT2D eigenvalue weighted by Gasteiger charge is -2.22. The smallest absolute Gasteiger partial charge is 0.408 e. The molecule has 2 aromatic carbocycles. The number of benzene rings is 2. The monoisotopic (exact) mass is 419 g/mol. The number of carbonyl (C=O) groups is 2. The number of aldehydes is 1. The second-order valence-corrected chi connectivity index (χ2v) is 10.1. The standard InChI is InChI=1S/C21H22FNO5S/c1-20(2,3)28-19(25)23-21(13-24)17(14-8-7-9-15(22)12-14)18(21)29(26,27)16-10-5-4-6-11-16/h4-13,17-18H,1-3H3,(H,23,25)/t17-,18-,21-/m0/s1. The lowest BCUT2D eigenvalue weighted by molar-refractivity contribution is -0.110. The third-order valence-corrected chi connectivity index (χ3v) is 6.97. The number of amides is 1. The topological polar surface area (TPSA) is 89.5 Å². The molecule has 3 rings (SSSR count). The molecule has 0 spiro atoms. The largest absolute Gasteiger partial charge is 0.444 e. The average Bonchev–Trinajstić information content (AvgIpc) is 3.30. The molecule has 0 aromatic heterocycles. The number of alkyl carbamates (subject to hydrolysis) is 1.